The molecule has 9 aromatic rings. The molecule has 6 aromatic carbocycles. The van der Waals surface area contributed by atoms with Crippen LogP contribution >= 0.6 is 34.8 Å². The highest BCUT2D eigenvalue weighted by molar-refractivity contribution is 6.31. The molecule has 6 amide bonds. The predicted octanol–water partition coefficient (Wildman–Crippen LogP) is 12.3. The van der Waals surface area contributed by atoms with E-state index in [0.29, 0.717) is 106 Å². The number of ether oxygens (including phenoxy) is 2. The van der Waals surface area contributed by atoms with E-state index in [9.17, 15) is 58.5 Å². The van der Waals surface area contributed by atoms with E-state index in [1.165, 1.54) is 11.1 Å². The molecule has 3 saturated carbocycles. The van der Waals surface area contributed by atoms with Gasteiger partial charge < -0.3 is 71.4 Å². The van der Waals surface area contributed by atoms with Gasteiger partial charge in [0, 0.05) is 104 Å². The first-order valence-electron chi connectivity index (χ1n) is 41.1. The van der Waals surface area contributed by atoms with Crippen molar-refractivity contribution in [2.45, 2.75) is 159 Å². The lowest BCUT2D eigenvalue weighted by molar-refractivity contribution is -0.137. The van der Waals surface area contributed by atoms with Gasteiger partial charge in [-0.2, -0.15) is 5.26 Å². The van der Waals surface area contributed by atoms with Gasteiger partial charge in [-0.1, -0.05) is 140 Å². The highest BCUT2D eigenvalue weighted by Gasteiger charge is 2.29. The first-order chi connectivity index (χ1) is 59.7. The number of benzene rings is 6. The van der Waals surface area contributed by atoms with E-state index in [2.05, 4.69) is 73.9 Å². The van der Waals surface area contributed by atoms with Crippen LogP contribution in [0, 0.1) is 17.2 Å². The first-order valence-corrected chi connectivity index (χ1v) is 42.3. The monoisotopic (exact) mass is 1740 g/mol. The number of aromatic nitrogens is 6. The zero-order chi connectivity index (χ0) is 87.9. The van der Waals surface area contributed by atoms with Gasteiger partial charge in [-0.25, -0.2) is 29.9 Å². The number of carbonyl (C=O) groups excluding carboxylic acids is 6. The van der Waals surface area contributed by atoms with Crippen LogP contribution in [0.1, 0.15) is 167 Å². The van der Waals surface area contributed by atoms with Crippen LogP contribution < -0.4 is 56.1 Å². The van der Waals surface area contributed by atoms with E-state index in [0.717, 1.165) is 112 Å². The number of nitrogens with zero attached hydrogens (tertiary/aromatic N) is 10. The Morgan fingerprint density at radius 1 is 0.427 bits per heavy atom. The lowest BCUT2D eigenvalue weighted by Gasteiger charge is -2.22. The number of carboxylic acid groups (broad SMARTS) is 3. The highest BCUT2D eigenvalue weighted by atomic mass is 35.5. The standard InChI is InChI=1S/C32H36ClN5O4.C30H32ClN5O6.C29H29ClN6O4/c1-38(19-29(40)35-24-8-4-5-9-24)32-26(18-30(41)42)31(33)36-27(37-32)16-20-10-12-25(13-11-20)34-28(39)17-21-14-22-6-2-3-7-23(22)15-21;1-36(16-27(38)33-20-4-2-3-5-20)30-22(15-28(39)40)29(31)34-25(35-30)13-18-6-9-21(10-7-18)32-26(37)14-19-8-11-23-24(12-19)42-17-41-23;1-36(17-25(37)32-21-4-2-3-5-21)28-23(15-26(38)39)27(30)34-24(35-28)14-18-8-12-22(13-9-18)33-29(40)20-10-6-19(16-31)7-11-20/h2-3,6-7,10-13,21,24H,4-5,8-9,14-19H2,1H3,(H,34,39)(H,35,40)(H,41,42);6-12,20H,2-5,13-17H2,1H3,(H,32,37)(H,33,38)(H,39,40);6-13,21H,2-5,14-15,17H2,1H3,(H,32,37)(H,33,40)(H,38,39). The zero-order valence-corrected chi connectivity index (χ0v) is 71.2. The summed E-state index contributed by atoms with van der Waals surface area (Å²) in [7, 11) is 5.06. The number of carbonyl (C=O) groups is 9. The molecule has 0 radical (unpaired) electrons. The van der Waals surface area contributed by atoms with Crippen LogP contribution in [-0.4, -0.2) is 164 Å². The van der Waals surface area contributed by atoms with Crippen LogP contribution in [0.2, 0.25) is 15.5 Å². The molecule has 1 aliphatic heterocycles. The minimum atomic E-state index is -1.08. The quantitative estimate of drug-likeness (QED) is 0.0177. The van der Waals surface area contributed by atoms with Gasteiger partial charge in [0.2, 0.25) is 36.3 Å². The third-order valence-electron chi connectivity index (χ3n) is 21.8. The Labute approximate surface area is 732 Å². The third-order valence-corrected chi connectivity index (χ3v) is 22.7. The molecule has 30 nitrogen and oxygen atoms in total. The second-order valence-corrected chi connectivity index (χ2v) is 32.7. The van der Waals surface area contributed by atoms with Crippen molar-refractivity contribution in [3.63, 3.8) is 0 Å². The van der Waals surface area contributed by atoms with Crippen molar-refractivity contribution in [3.05, 3.63) is 234 Å². The van der Waals surface area contributed by atoms with Crippen molar-refractivity contribution in [1.29, 1.82) is 5.26 Å². The Morgan fingerprint density at radius 3 is 1.15 bits per heavy atom. The van der Waals surface area contributed by atoms with E-state index >= 15 is 0 Å². The summed E-state index contributed by atoms with van der Waals surface area (Å²) < 4.78 is 10.7. The Balaban J connectivity index is 0.000000170. The van der Waals surface area contributed by atoms with Crippen LogP contribution in [0.5, 0.6) is 11.5 Å². The number of nitriles is 1. The van der Waals surface area contributed by atoms with Gasteiger partial charge in [-0.15, -0.1) is 0 Å². The molecular weight excluding hydrogens is 1650 g/mol. The average Bonchev–Trinajstić information content (AvgIpc) is 0.831. The minimum Gasteiger partial charge on any atom is -0.481 e. The molecule has 646 valence electrons. The number of aliphatic carboxylic acids is 3. The number of carboxylic acids is 3. The second kappa shape index (κ2) is 43.3. The number of anilines is 6. The summed E-state index contributed by atoms with van der Waals surface area (Å²) in [4.78, 5) is 142. The van der Waals surface area contributed by atoms with Crippen LogP contribution in [0.25, 0.3) is 0 Å². The maximum atomic E-state index is 12.7. The molecule has 0 atom stereocenters. The summed E-state index contributed by atoms with van der Waals surface area (Å²) in [6, 6.07) is 44.5. The van der Waals surface area contributed by atoms with Crippen LogP contribution in [0.3, 0.4) is 0 Å². The smallest absolute Gasteiger partial charge is 0.308 e. The van der Waals surface area contributed by atoms with Crippen LogP contribution in [0.15, 0.2) is 140 Å². The zero-order valence-electron chi connectivity index (χ0n) is 68.9. The van der Waals surface area contributed by atoms with E-state index in [4.69, 9.17) is 49.5 Å². The Morgan fingerprint density at radius 2 is 0.782 bits per heavy atom. The molecular formula is C91H97Cl3N16O14. The number of hydrogen-bond donors (Lipinski definition) is 9. The molecule has 3 aromatic heterocycles. The summed E-state index contributed by atoms with van der Waals surface area (Å²) >= 11 is 19.3. The van der Waals surface area contributed by atoms with Crippen molar-refractivity contribution in [3.8, 4) is 17.6 Å². The maximum Gasteiger partial charge on any atom is 0.308 e. The molecule has 14 rings (SSSR count). The molecule has 33 heteroatoms. The Bertz CT molecular complexity index is 5390. The topological polar surface area (TPSA) is 416 Å². The lowest BCUT2D eigenvalue weighted by Crippen LogP contribution is -2.40. The summed E-state index contributed by atoms with van der Waals surface area (Å²) in [5, 5.41) is 55.1. The normalized spacial score (nSPS) is 14.0. The second-order valence-electron chi connectivity index (χ2n) is 31.6. The fourth-order valence-corrected chi connectivity index (χ4v) is 16.5. The fourth-order valence-electron chi connectivity index (χ4n) is 15.7. The number of hydrogen-bond acceptors (Lipinski definition) is 21. The summed E-state index contributed by atoms with van der Waals surface area (Å²) in [6.45, 7) is 0.216. The van der Waals surface area contributed by atoms with Crippen LogP contribution in [0.4, 0.5) is 34.5 Å². The molecule has 124 heavy (non-hydrogen) atoms. The number of likely N-dealkylation sites (N-methyl/N-ethyl adjacent to an activating group) is 3. The largest absolute Gasteiger partial charge is 0.481 e. The van der Waals surface area contributed by atoms with Crippen molar-refractivity contribution in [2.24, 2.45) is 5.92 Å². The van der Waals surface area contributed by atoms with Gasteiger partial charge in [-0.3, -0.25) is 43.2 Å². The van der Waals surface area contributed by atoms with Crippen molar-refractivity contribution in [1.82, 2.24) is 45.9 Å². The maximum absolute atomic E-state index is 12.7. The van der Waals surface area contributed by atoms with Crippen molar-refractivity contribution in [2.75, 3.05) is 78.2 Å². The van der Waals surface area contributed by atoms with E-state index in [1.54, 1.807) is 96.5 Å². The summed E-state index contributed by atoms with van der Waals surface area (Å²) in [6.07, 6.45) is 14.8. The minimum absolute atomic E-state index is 0.00351. The summed E-state index contributed by atoms with van der Waals surface area (Å²) in [5.41, 5.74) is 9.68. The number of halogens is 3. The molecule has 4 heterocycles. The summed E-state index contributed by atoms with van der Waals surface area (Å²) in [5.74, 6) is -0.457. The van der Waals surface area contributed by atoms with Gasteiger partial charge in [0.1, 0.15) is 50.4 Å². The molecule has 4 aliphatic carbocycles. The number of rotatable bonds is 32. The molecule has 0 saturated heterocycles. The fraction of sp³-hybridized carbons (Fsp3) is 0.363. The van der Waals surface area contributed by atoms with Crippen molar-refractivity contribution >= 4 is 123 Å². The van der Waals surface area contributed by atoms with Gasteiger partial charge in [-0.05, 0) is 163 Å². The van der Waals surface area contributed by atoms with Crippen molar-refractivity contribution < 1.29 is 67.9 Å². The highest BCUT2D eigenvalue weighted by Crippen LogP contribution is 2.35. The number of fused-ring (bicyclic) bond motifs is 2. The van der Waals surface area contributed by atoms with E-state index < -0.39 is 17.9 Å². The van der Waals surface area contributed by atoms with Gasteiger partial charge in [0.25, 0.3) is 5.91 Å². The average molecular weight is 1750 g/mol. The molecule has 5 aliphatic rings. The Kier molecular flexibility index (Phi) is 31.5. The molecule has 9 N–H and O–H groups in total. The third kappa shape index (κ3) is 26.3. The first kappa shape index (κ1) is 90.4. The molecule has 0 bridgehead atoms. The van der Waals surface area contributed by atoms with Gasteiger partial charge in [0.05, 0.1) is 57.0 Å². The lowest BCUT2D eigenvalue weighted by atomic mass is 10.0. The number of amides is 6. The SMILES string of the molecule is CN(CC(=O)NC1CCCC1)c1nc(Cc2ccc(NC(=O)CC3Cc4ccccc4C3)cc2)nc(Cl)c1CC(=O)O.CN(CC(=O)NC1CCCC1)c1nc(Cc2ccc(NC(=O)Cc3ccc4c(c3)OCO4)cc2)nc(Cl)c1CC(=O)O.CN(CC(=O)NC1CCCC1)c1nc(Cc2ccc(NC(=O)c3ccc(C#N)cc3)cc2)nc(Cl)c1CC(=O)O. The van der Waals surface area contributed by atoms with E-state index in [-0.39, 0.29) is 138 Å². The van der Waals surface area contributed by atoms with Crippen LogP contribution in [-0.2, 0) is 96.1 Å². The molecule has 0 spiro atoms. The Hall–Kier alpha value is -12.9. The predicted molar refractivity (Wildman–Crippen MR) is 468 cm³/mol. The number of nitrogens with one attached hydrogen (secondary N) is 6. The van der Waals surface area contributed by atoms with Gasteiger partial charge >= 0.3 is 17.9 Å². The van der Waals surface area contributed by atoms with E-state index in [1.807, 2.05) is 72.8 Å². The molecule has 0 unspecified atom stereocenters. The van der Waals surface area contributed by atoms with Gasteiger partial charge in [0.15, 0.2) is 11.5 Å². The molecule has 3 fully saturated rings.